The van der Waals surface area contributed by atoms with Crippen LogP contribution in [0.15, 0.2) is 70.5 Å². The van der Waals surface area contributed by atoms with E-state index in [1.165, 1.54) is 16.5 Å². The Morgan fingerprint density at radius 3 is 2.61 bits per heavy atom. The Labute approximate surface area is 196 Å². The van der Waals surface area contributed by atoms with E-state index in [2.05, 4.69) is 24.3 Å². The minimum Gasteiger partial charge on any atom is -0.502 e. The van der Waals surface area contributed by atoms with Gasteiger partial charge in [-0.2, -0.15) is 0 Å². The van der Waals surface area contributed by atoms with Crippen molar-refractivity contribution in [1.82, 2.24) is 9.58 Å². The first kappa shape index (κ1) is 21.6. The fraction of sp³-hybridized carbons (Fsp3) is 0.280. The number of nitrogens with zero attached hydrogens (tertiary/aromatic N) is 3. The molecule has 2 atom stereocenters. The van der Waals surface area contributed by atoms with Crippen molar-refractivity contribution >= 4 is 17.7 Å². The van der Waals surface area contributed by atoms with Gasteiger partial charge >= 0.3 is 0 Å². The topological polar surface area (TPSA) is 75.0 Å². The zero-order chi connectivity index (χ0) is 23.1. The van der Waals surface area contributed by atoms with Gasteiger partial charge in [0, 0.05) is 30.0 Å². The summed E-state index contributed by atoms with van der Waals surface area (Å²) in [6.45, 7) is 2.51. The van der Waals surface area contributed by atoms with Crippen LogP contribution in [-0.2, 0) is 10.5 Å². The Hall–Kier alpha value is -3.23. The summed E-state index contributed by atoms with van der Waals surface area (Å²) in [4.78, 5) is 28.5. The Kier molecular flexibility index (Phi) is 5.64. The number of fused-ring (bicyclic) bond motifs is 3. The maximum Gasteiger partial charge on any atom is 0.278 e. The van der Waals surface area contributed by atoms with Gasteiger partial charge in [-0.05, 0) is 29.7 Å². The number of rotatable bonds is 4. The molecule has 0 bridgehead atoms. The van der Waals surface area contributed by atoms with E-state index in [4.69, 9.17) is 4.74 Å². The van der Waals surface area contributed by atoms with E-state index in [1.54, 1.807) is 34.6 Å². The molecule has 0 aliphatic carbocycles. The smallest absolute Gasteiger partial charge is 0.278 e. The summed E-state index contributed by atoms with van der Waals surface area (Å²) in [5, 5.41) is 12.7. The summed E-state index contributed by atoms with van der Waals surface area (Å²) >= 11 is 1.79. The summed E-state index contributed by atoms with van der Waals surface area (Å²) in [7, 11) is 1.59. The molecule has 2 aromatic carbocycles. The van der Waals surface area contributed by atoms with Crippen LogP contribution in [0.25, 0.3) is 0 Å². The highest BCUT2D eigenvalue weighted by molar-refractivity contribution is 7.98. The van der Waals surface area contributed by atoms with Crippen LogP contribution in [0, 0.1) is 0 Å². The van der Waals surface area contributed by atoms with Crippen LogP contribution in [0.1, 0.15) is 40.1 Å². The van der Waals surface area contributed by atoms with Gasteiger partial charge in [-0.3, -0.25) is 19.3 Å². The number of aromatic nitrogens is 1. The fourth-order valence-electron chi connectivity index (χ4n) is 4.65. The molecule has 1 amide bonds. The van der Waals surface area contributed by atoms with Crippen LogP contribution in [0.4, 0.5) is 0 Å². The minimum atomic E-state index is -0.576. The van der Waals surface area contributed by atoms with Crippen molar-refractivity contribution in [2.75, 3.05) is 25.4 Å². The zero-order valence-corrected chi connectivity index (χ0v) is 19.3. The molecule has 0 saturated carbocycles. The van der Waals surface area contributed by atoms with E-state index < -0.39 is 17.1 Å². The number of methoxy groups -OCH3 is 1. The van der Waals surface area contributed by atoms with Crippen LogP contribution >= 0.6 is 11.8 Å². The lowest BCUT2D eigenvalue weighted by molar-refractivity contribution is 0.0471. The number of pyridine rings is 1. The third-order valence-corrected chi connectivity index (χ3v) is 7.41. The first-order valence-electron chi connectivity index (χ1n) is 10.8. The van der Waals surface area contributed by atoms with Crippen LogP contribution in [0.2, 0.25) is 0 Å². The second kappa shape index (κ2) is 8.61. The monoisotopic (exact) mass is 463 g/mol. The van der Waals surface area contributed by atoms with Crippen molar-refractivity contribution < 1.29 is 14.6 Å². The van der Waals surface area contributed by atoms with Gasteiger partial charge in [-0.15, -0.1) is 11.8 Å². The van der Waals surface area contributed by atoms with E-state index in [1.807, 2.05) is 36.2 Å². The highest BCUT2D eigenvalue weighted by atomic mass is 32.2. The Morgan fingerprint density at radius 2 is 1.82 bits per heavy atom. The van der Waals surface area contributed by atoms with Crippen LogP contribution in [0.5, 0.6) is 5.75 Å². The molecule has 0 fully saturated rings. The summed E-state index contributed by atoms with van der Waals surface area (Å²) in [6, 6.07) is 17.4. The second-order valence-electron chi connectivity index (χ2n) is 8.31. The van der Waals surface area contributed by atoms with Gasteiger partial charge in [-0.1, -0.05) is 42.5 Å². The SMILES string of the molecule is COC[C@H](C)N1CN(C2c3ccccc3CSc3ccccc32)n2ccc(=O)c(O)c2C1=O. The molecule has 0 saturated heterocycles. The summed E-state index contributed by atoms with van der Waals surface area (Å²) in [5.41, 5.74) is 2.86. The first-order valence-corrected chi connectivity index (χ1v) is 11.8. The van der Waals surface area contributed by atoms with Gasteiger partial charge in [0.05, 0.1) is 18.7 Å². The Balaban J connectivity index is 1.75. The molecule has 1 aromatic heterocycles. The molecule has 2 aliphatic heterocycles. The number of amides is 1. The largest absolute Gasteiger partial charge is 0.502 e. The van der Waals surface area contributed by atoms with Crippen LogP contribution < -0.4 is 10.4 Å². The third-order valence-electron chi connectivity index (χ3n) is 6.28. The Bertz CT molecular complexity index is 1230. The maximum atomic E-state index is 13.4. The molecule has 33 heavy (non-hydrogen) atoms. The van der Waals surface area contributed by atoms with Crippen molar-refractivity contribution in [1.29, 1.82) is 0 Å². The van der Waals surface area contributed by atoms with Crippen molar-refractivity contribution in [2.24, 2.45) is 0 Å². The molecule has 0 radical (unpaired) electrons. The van der Waals surface area contributed by atoms with Gasteiger partial charge < -0.3 is 14.7 Å². The molecule has 7 nitrogen and oxygen atoms in total. The quantitative estimate of drug-likeness (QED) is 0.640. The number of hydrogen-bond acceptors (Lipinski definition) is 6. The normalized spacial score (nSPS) is 18.2. The van der Waals surface area contributed by atoms with Gasteiger partial charge in [0.15, 0.2) is 11.4 Å². The van der Waals surface area contributed by atoms with E-state index in [9.17, 15) is 14.7 Å². The second-order valence-corrected chi connectivity index (χ2v) is 9.33. The lowest BCUT2D eigenvalue weighted by atomic mass is 9.94. The van der Waals surface area contributed by atoms with E-state index in [0.29, 0.717) is 6.61 Å². The van der Waals surface area contributed by atoms with Gasteiger partial charge in [0.2, 0.25) is 5.43 Å². The molecule has 1 N–H and O–H groups in total. The molecular weight excluding hydrogens is 438 g/mol. The molecular formula is C25H25N3O4S. The van der Waals surface area contributed by atoms with E-state index in [0.717, 1.165) is 16.9 Å². The van der Waals surface area contributed by atoms with E-state index >= 15 is 0 Å². The molecule has 3 aromatic rings. The minimum absolute atomic E-state index is 0.0245. The van der Waals surface area contributed by atoms with Crippen LogP contribution in [-0.4, -0.2) is 47.0 Å². The fourth-order valence-corrected chi connectivity index (χ4v) is 5.74. The number of hydrogen-bond donors (Lipinski definition) is 1. The Morgan fingerprint density at radius 1 is 1.09 bits per heavy atom. The maximum absolute atomic E-state index is 13.4. The molecule has 2 aliphatic rings. The standard InChI is InChI=1S/C25H25N3O4S/c1-16(13-32-2)26-15-28(27-12-11-20(29)24(30)23(27)25(26)31)22-18-8-4-3-7-17(18)14-33-21-10-6-5-9-19(21)22/h3-12,16,22,30H,13-15H2,1-2H3/t16-,22?/m0/s1. The molecule has 5 rings (SSSR count). The number of ether oxygens (including phenoxy) is 1. The van der Waals surface area contributed by atoms with Crippen LogP contribution in [0.3, 0.4) is 0 Å². The lowest BCUT2D eigenvalue weighted by Gasteiger charge is -2.45. The van der Waals surface area contributed by atoms with Gasteiger partial charge in [0.25, 0.3) is 5.91 Å². The molecule has 3 heterocycles. The number of carbonyl (C=O) groups is 1. The van der Waals surface area contributed by atoms with E-state index in [-0.39, 0.29) is 24.4 Å². The lowest BCUT2D eigenvalue weighted by Crippen LogP contribution is -2.58. The van der Waals surface area contributed by atoms with Crippen molar-refractivity contribution in [3.8, 4) is 5.75 Å². The average Bonchev–Trinajstić information content (AvgIpc) is 2.99. The molecule has 8 heteroatoms. The third kappa shape index (κ3) is 3.59. The number of thioether (sulfide) groups is 1. The number of benzene rings is 2. The predicted molar refractivity (Wildman–Crippen MR) is 127 cm³/mol. The highest BCUT2D eigenvalue weighted by Crippen LogP contribution is 2.42. The van der Waals surface area contributed by atoms with Gasteiger partial charge in [0.1, 0.15) is 6.67 Å². The van der Waals surface area contributed by atoms with Crippen molar-refractivity contribution in [3.63, 3.8) is 0 Å². The van der Waals surface area contributed by atoms with Crippen molar-refractivity contribution in [2.45, 2.75) is 29.7 Å². The first-order chi connectivity index (χ1) is 16.0. The van der Waals surface area contributed by atoms with Crippen molar-refractivity contribution in [3.05, 3.63) is 93.4 Å². The highest BCUT2D eigenvalue weighted by Gasteiger charge is 2.39. The summed E-state index contributed by atoms with van der Waals surface area (Å²) < 4.78 is 6.96. The predicted octanol–water partition coefficient (Wildman–Crippen LogP) is 3.34. The zero-order valence-electron chi connectivity index (χ0n) is 18.5. The number of carbonyl (C=O) groups excluding carboxylic acids is 1. The average molecular weight is 464 g/mol. The van der Waals surface area contributed by atoms with Gasteiger partial charge in [-0.25, -0.2) is 0 Å². The molecule has 1 unspecified atom stereocenters. The number of aromatic hydroxyl groups is 1. The summed E-state index contributed by atoms with van der Waals surface area (Å²) in [5.74, 6) is -0.0929. The molecule has 0 spiro atoms. The molecule has 170 valence electrons. The summed E-state index contributed by atoms with van der Waals surface area (Å²) in [6.07, 6.45) is 1.58.